The first-order valence-electron chi connectivity index (χ1n) is 8.97. The Balaban J connectivity index is 1.99. The Morgan fingerprint density at radius 1 is 1.11 bits per heavy atom. The molecule has 0 bridgehead atoms. The van der Waals surface area contributed by atoms with E-state index in [-0.39, 0.29) is 0 Å². The minimum atomic E-state index is -1.14. The summed E-state index contributed by atoms with van der Waals surface area (Å²) in [6.07, 6.45) is -0.718. The Morgan fingerprint density at radius 2 is 1.86 bits per heavy atom. The van der Waals surface area contributed by atoms with Crippen LogP contribution in [0.15, 0.2) is 60.0 Å². The first-order valence-corrected chi connectivity index (χ1v) is 9.85. The summed E-state index contributed by atoms with van der Waals surface area (Å²) in [6.45, 7) is 1.70. The van der Waals surface area contributed by atoms with E-state index in [2.05, 4.69) is 6.07 Å². The van der Waals surface area contributed by atoms with E-state index >= 15 is 0 Å². The molecule has 5 nitrogen and oxygen atoms in total. The lowest BCUT2D eigenvalue weighted by Gasteiger charge is -2.35. The predicted molar refractivity (Wildman–Crippen MR) is 109 cm³/mol. The Labute approximate surface area is 167 Å². The van der Waals surface area contributed by atoms with Crippen molar-refractivity contribution in [2.24, 2.45) is 5.73 Å². The van der Waals surface area contributed by atoms with Gasteiger partial charge < -0.3 is 20.3 Å². The Kier molecular flexibility index (Phi) is 4.71. The van der Waals surface area contributed by atoms with Crippen LogP contribution in [0, 0.1) is 0 Å². The highest BCUT2D eigenvalue weighted by Gasteiger charge is 2.48. The second-order valence-electron chi connectivity index (χ2n) is 6.80. The molecule has 144 valence electrons. The highest BCUT2D eigenvalue weighted by molar-refractivity contribution is 7.10. The van der Waals surface area contributed by atoms with Crippen molar-refractivity contribution in [3.63, 3.8) is 0 Å². The van der Waals surface area contributed by atoms with Gasteiger partial charge in [-0.15, -0.1) is 11.3 Å². The number of nitrogens with two attached hydrogens (primary N) is 1. The quantitative estimate of drug-likeness (QED) is 0.663. The molecule has 1 aliphatic rings. The van der Waals surface area contributed by atoms with Crippen LogP contribution in [0.5, 0.6) is 5.75 Å². The fraction of sp³-hybridized carbons (Fsp3) is 0.227. The standard InChI is InChI=1S/C22H21NO4S/c1-13(20(23)21(24)25)27-22(19-8-5-11-28-19)17-7-4-3-6-15(17)16-10-9-14(26-2)12-18(16)22/h3-13,20H,23H2,1-2H3,(H,24,25)/t13?,20-,22?/m0/s1. The normalized spacial score (nSPS) is 19.5. The van der Waals surface area contributed by atoms with E-state index in [1.54, 1.807) is 25.4 Å². The van der Waals surface area contributed by atoms with Crippen molar-refractivity contribution in [1.29, 1.82) is 0 Å². The minimum absolute atomic E-state index is 0.714. The average Bonchev–Trinajstić information content (AvgIpc) is 3.33. The van der Waals surface area contributed by atoms with Gasteiger partial charge >= 0.3 is 5.97 Å². The third kappa shape index (κ3) is 2.73. The molecule has 1 aliphatic carbocycles. The molecule has 3 N–H and O–H groups in total. The topological polar surface area (TPSA) is 81.8 Å². The van der Waals surface area contributed by atoms with Crippen molar-refractivity contribution < 1.29 is 19.4 Å². The van der Waals surface area contributed by atoms with Crippen LogP contribution in [0.4, 0.5) is 0 Å². The highest BCUT2D eigenvalue weighted by Crippen LogP contribution is 2.55. The first-order chi connectivity index (χ1) is 13.5. The van der Waals surface area contributed by atoms with Crippen molar-refractivity contribution >= 4 is 17.3 Å². The van der Waals surface area contributed by atoms with Crippen LogP contribution in [0.1, 0.15) is 22.9 Å². The van der Waals surface area contributed by atoms with Gasteiger partial charge in [0, 0.05) is 16.0 Å². The summed E-state index contributed by atoms with van der Waals surface area (Å²) in [5, 5.41) is 11.4. The summed E-state index contributed by atoms with van der Waals surface area (Å²) in [5.74, 6) is -0.378. The van der Waals surface area contributed by atoms with Crippen LogP contribution in [0.3, 0.4) is 0 Å². The summed E-state index contributed by atoms with van der Waals surface area (Å²) in [7, 11) is 1.63. The predicted octanol–water partition coefficient (Wildman–Crippen LogP) is 3.85. The number of thiophene rings is 1. The molecule has 0 radical (unpaired) electrons. The molecule has 28 heavy (non-hydrogen) atoms. The van der Waals surface area contributed by atoms with E-state index in [1.807, 2.05) is 53.9 Å². The molecule has 1 heterocycles. The fourth-order valence-electron chi connectivity index (χ4n) is 3.83. The van der Waals surface area contributed by atoms with Crippen molar-refractivity contribution in [1.82, 2.24) is 0 Å². The van der Waals surface area contributed by atoms with E-state index in [0.29, 0.717) is 5.75 Å². The van der Waals surface area contributed by atoms with Crippen LogP contribution in [0.2, 0.25) is 0 Å². The number of carbonyl (C=O) groups is 1. The number of rotatable bonds is 6. The zero-order valence-electron chi connectivity index (χ0n) is 15.6. The average molecular weight is 395 g/mol. The van der Waals surface area contributed by atoms with Gasteiger partial charge in [0.25, 0.3) is 0 Å². The van der Waals surface area contributed by atoms with Gasteiger partial charge in [0.05, 0.1) is 13.2 Å². The van der Waals surface area contributed by atoms with Crippen LogP contribution < -0.4 is 10.5 Å². The van der Waals surface area contributed by atoms with Crippen molar-refractivity contribution in [2.75, 3.05) is 7.11 Å². The molecule has 0 fully saturated rings. The van der Waals surface area contributed by atoms with E-state index in [1.165, 1.54) is 0 Å². The van der Waals surface area contributed by atoms with Gasteiger partial charge in [-0.3, -0.25) is 4.79 Å². The molecular weight excluding hydrogens is 374 g/mol. The largest absolute Gasteiger partial charge is 0.497 e. The molecule has 0 saturated heterocycles. The van der Waals surface area contributed by atoms with Gasteiger partial charge in [-0.1, -0.05) is 36.4 Å². The molecular formula is C22H21NO4S. The van der Waals surface area contributed by atoms with Crippen LogP contribution in [-0.4, -0.2) is 30.3 Å². The summed E-state index contributed by atoms with van der Waals surface area (Å²) in [5.41, 5.74) is 8.97. The van der Waals surface area contributed by atoms with E-state index < -0.39 is 23.7 Å². The van der Waals surface area contributed by atoms with Crippen LogP contribution in [-0.2, 0) is 15.1 Å². The molecule has 2 aromatic carbocycles. The third-order valence-electron chi connectivity index (χ3n) is 5.22. The fourth-order valence-corrected chi connectivity index (χ4v) is 4.72. The number of fused-ring (bicyclic) bond motifs is 3. The Morgan fingerprint density at radius 3 is 2.54 bits per heavy atom. The lowest BCUT2D eigenvalue weighted by molar-refractivity contribution is -0.144. The summed E-state index contributed by atoms with van der Waals surface area (Å²) in [4.78, 5) is 12.4. The number of carboxylic acids is 1. The smallest absolute Gasteiger partial charge is 0.323 e. The van der Waals surface area contributed by atoms with Gasteiger partial charge in [-0.2, -0.15) is 0 Å². The lowest BCUT2D eigenvalue weighted by Crippen LogP contribution is -2.46. The maximum absolute atomic E-state index is 11.5. The lowest BCUT2D eigenvalue weighted by atomic mass is 9.88. The van der Waals surface area contributed by atoms with Gasteiger partial charge in [0.2, 0.25) is 0 Å². The highest BCUT2D eigenvalue weighted by atomic mass is 32.1. The SMILES string of the molecule is COc1ccc2c(c1)C(OC(C)[C@H](N)C(=O)O)(c1cccs1)c1ccccc1-2. The monoisotopic (exact) mass is 395 g/mol. The Hall–Kier alpha value is -2.67. The van der Waals surface area contributed by atoms with E-state index in [9.17, 15) is 9.90 Å². The number of ether oxygens (including phenoxy) is 2. The second-order valence-corrected chi connectivity index (χ2v) is 7.75. The molecule has 0 spiro atoms. The van der Waals surface area contributed by atoms with Crippen molar-refractivity contribution in [3.05, 3.63) is 76.0 Å². The number of methoxy groups -OCH3 is 1. The number of aliphatic carboxylic acids is 1. The molecule has 3 atom stereocenters. The van der Waals surface area contributed by atoms with E-state index in [4.69, 9.17) is 15.2 Å². The van der Waals surface area contributed by atoms with Crippen LogP contribution in [0.25, 0.3) is 11.1 Å². The summed E-state index contributed by atoms with van der Waals surface area (Å²) in [6, 6.07) is 16.8. The molecule has 0 amide bonds. The van der Waals surface area contributed by atoms with Gasteiger partial charge in [0.15, 0.2) is 5.60 Å². The van der Waals surface area contributed by atoms with Crippen molar-refractivity contribution in [2.45, 2.75) is 24.7 Å². The van der Waals surface area contributed by atoms with Crippen molar-refractivity contribution in [3.8, 4) is 16.9 Å². The zero-order chi connectivity index (χ0) is 19.9. The first kappa shape index (κ1) is 18.7. The maximum Gasteiger partial charge on any atom is 0.323 e. The Bertz CT molecular complexity index is 1020. The number of hydrogen-bond donors (Lipinski definition) is 2. The van der Waals surface area contributed by atoms with Gasteiger partial charge in [-0.05, 0) is 41.6 Å². The molecule has 4 rings (SSSR count). The minimum Gasteiger partial charge on any atom is -0.497 e. The molecule has 0 aliphatic heterocycles. The maximum atomic E-state index is 11.5. The summed E-state index contributed by atoms with van der Waals surface area (Å²) >= 11 is 1.57. The molecule has 6 heteroatoms. The van der Waals surface area contributed by atoms with Crippen LogP contribution >= 0.6 is 11.3 Å². The molecule has 3 aromatic rings. The molecule has 2 unspecified atom stereocenters. The van der Waals surface area contributed by atoms with E-state index in [0.717, 1.165) is 27.1 Å². The number of carboxylic acid groups (broad SMARTS) is 1. The molecule has 1 aromatic heterocycles. The summed E-state index contributed by atoms with van der Waals surface area (Å²) < 4.78 is 12.0. The second kappa shape index (κ2) is 7.05. The third-order valence-corrected chi connectivity index (χ3v) is 6.19. The molecule has 0 saturated carbocycles. The zero-order valence-corrected chi connectivity index (χ0v) is 16.4. The van der Waals surface area contributed by atoms with Gasteiger partial charge in [-0.25, -0.2) is 0 Å². The number of hydrogen-bond acceptors (Lipinski definition) is 5. The van der Waals surface area contributed by atoms with Gasteiger partial charge in [0.1, 0.15) is 11.8 Å². The number of benzene rings is 2.